The largest absolute Gasteiger partial charge is 0.497 e. The number of nitrogens with zero attached hydrogens (tertiary/aromatic N) is 3. The van der Waals surface area contributed by atoms with Crippen molar-refractivity contribution in [3.63, 3.8) is 0 Å². The van der Waals surface area contributed by atoms with Crippen LogP contribution in [0.2, 0.25) is 0 Å². The van der Waals surface area contributed by atoms with Gasteiger partial charge in [-0.2, -0.15) is 0 Å². The summed E-state index contributed by atoms with van der Waals surface area (Å²) in [5, 5.41) is 7.20. The first-order valence-electron chi connectivity index (χ1n) is 13.4. The molecule has 38 heavy (non-hydrogen) atoms. The molecule has 8 heteroatoms. The number of rotatable bonds is 11. The number of hydrogen-bond donors (Lipinski definition) is 1. The van der Waals surface area contributed by atoms with Crippen molar-refractivity contribution >= 4 is 11.8 Å². The maximum atomic E-state index is 13.3. The van der Waals surface area contributed by atoms with Crippen LogP contribution in [0.25, 0.3) is 11.3 Å². The lowest BCUT2D eigenvalue weighted by Crippen LogP contribution is -2.45. The van der Waals surface area contributed by atoms with E-state index in [0.717, 1.165) is 38.0 Å². The van der Waals surface area contributed by atoms with Gasteiger partial charge < -0.3 is 19.5 Å². The number of amides is 2. The molecular formula is C30H38N4O4. The van der Waals surface area contributed by atoms with Gasteiger partial charge in [-0.1, -0.05) is 61.5 Å². The number of hydrogen-bond acceptors (Lipinski definition) is 6. The Labute approximate surface area is 224 Å². The van der Waals surface area contributed by atoms with Crippen LogP contribution in [0.3, 0.4) is 0 Å². The summed E-state index contributed by atoms with van der Waals surface area (Å²) in [5.74, 6) is 1.18. The van der Waals surface area contributed by atoms with Crippen LogP contribution in [0.4, 0.5) is 0 Å². The summed E-state index contributed by atoms with van der Waals surface area (Å²) in [4.78, 5) is 30.2. The van der Waals surface area contributed by atoms with Gasteiger partial charge in [0.15, 0.2) is 11.5 Å². The standard InChI is InChI=1S/C30H38N4O4/c1-22(2)20-34(30(36)27-19-28(38-32-27)24-10-7-11-26(18-24)37-3)17-14-29(35)31-25-12-15-33(16-13-25)21-23-8-5-4-6-9-23/h4-11,18-19,22,25H,12-17,20-21H2,1-3H3,(H,31,35). The zero-order valence-electron chi connectivity index (χ0n) is 22.6. The smallest absolute Gasteiger partial charge is 0.276 e. The SMILES string of the molecule is COc1cccc(-c2cc(C(=O)N(CCC(=O)NC3CCN(Cc4ccccc4)CC3)CC(C)C)no2)c1. The van der Waals surface area contributed by atoms with Crippen LogP contribution >= 0.6 is 0 Å². The molecule has 1 aliphatic heterocycles. The molecule has 0 aliphatic carbocycles. The van der Waals surface area contributed by atoms with Gasteiger partial charge in [0.25, 0.3) is 5.91 Å². The maximum absolute atomic E-state index is 13.3. The molecule has 2 amide bonds. The summed E-state index contributed by atoms with van der Waals surface area (Å²) in [6, 6.07) is 19.7. The summed E-state index contributed by atoms with van der Waals surface area (Å²) in [6.07, 6.45) is 2.11. The topological polar surface area (TPSA) is 87.9 Å². The van der Waals surface area contributed by atoms with E-state index < -0.39 is 0 Å². The number of likely N-dealkylation sites (tertiary alicyclic amines) is 1. The molecular weight excluding hydrogens is 480 g/mol. The second-order valence-electron chi connectivity index (χ2n) is 10.3. The predicted octanol–water partition coefficient (Wildman–Crippen LogP) is 4.62. The van der Waals surface area contributed by atoms with E-state index in [2.05, 4.69) is 39.6 Å². The number of carbonyl (C=O) groups excluding carboxylic acids is 2. The average molecular weight is 519 g/mol. The Hall–Kier alpha value is -3.65. The minimum Gasteiger partial charge on any atom is -0.497 e. The van der Waals surface area contributed by atoms with Crippen molar-refractivity contribution in [3.8, 4) is 17.1 Å². The highest BCUT2D eigenvalue weighted by Crippen LogP contribution is 2.25. The van der Waals surface area contributed by atoms with Crippen molar-refractivity contribution in [2.45, 2.75) is 45.7 Å². The lowest BCUT2D eigenvalue weighted by atomic mass is 10.0. The number of nitrogens with one attached hydrogen (secondary N) is 1. The van der Waals surface area contributed by atoms with E-state index in [-0.39, 0.29) is 35.9 Å². The third-order valence-corrected chi connectivity index (χ3v) is 6.77. The highest BCUT2D eigenvalue weighted by Gasteiger charge is 2.24. The molecule has 1 fully saturated rings. The molecule has 3 aromatic rings. The fourth-order valence-electron chi connectivity index (χ4n) is 4.78. The van der Waals surface area contributed by atoms with E-state index in [1.54, 1.807) is 18.1 Å². The molecule has 1 saturated heterocycles. The zero-order chi connectivity index (χ0) is 26.9. The Bertz CT molecular complexity index is 1190. The summed E-state index contributed by atoms with van der Waals surface area (Å²) in [7, 11) is 1.60. The molecule has 8 nitrogen and oxygen atoms in total. The Morgan fingerprint density at radius 3 is 2.58 bits per heavy atom. The van der Waals surface area contributed by atoms with Crippen LogP contribution < -0.4 is 10.1 Å². The average Bonchev–Trinajstić information content (AvgIpc) is 3.43. The molecule has 202 valence electrons. The molecule has 0 saturated carbocycles. The van der Waals surface area contributed by atoms with Crippen LogP contribution in [0.1, 0.15) is 49.2 Å². The van der Waals surface area contributed by atoms with Crippen molar-refractivity contribution in [1.29, 1.82) is 0 Å². The second-order valence-corrected chi connectivity index (χ2v) is 10.3. The number of piperidine rings is 1. The first-order chi connectivity index (χ1) is 18.4. The Kier molecular flexibility index (Phi) is 9.54. The highest BCUT2D eigenvalue weighted by molar-refractivity contribution is 5.93. The number of aromatic nitrogens is 1. The van der Waals surface area contributed by atoms with Crippen molar-refractivity contribution < 1.29 is 18.8 Å². The lowest BCUT2D eigenvalue weighted by Gasteiger charge is -2.32. The number of ether oxygens (including phenoxy) is 1. The summed E-state index contributed by atoms with van der Waals surface area (Å²) in [6.45, 7) is 7.82. The van der Waals surface area contributed by atoms with Crippen LogP contribution in [-0.2, 0) is 11.3 Å². The van der Waals surface area contributed by atoms with Crippen LogP contribution in [0, 0.1) is 5.92 Å². The molecule has 1 aliphatic rings. The van der Waals surface area contributed by atoms with Gasteiger partial charge in [0.1, 0.15) is 5.75 Å². The van der Waals surface area contributed by atoms with Gasteiger partial charge in [-0.15, -0.1) is 0 Å². The van der Waals surface area contributed by atoms with E-state index in [0.29, 0.717) is 24.6 Å². The second kappa shape index (κ2) is 13.2. The molecule has 1 aromatic heterocycles. The summed E-state index contributed by atoms with van der Waals surface area (Å²) >= 11 is 0. The molecule has 0 spiro atoms. The minimum absolute atomic E-state index is 0.0229. The Morgan fingerprint density at radius 2 is 1.87 bits per heavy atom. The third-order valence-electron chi connectivity index (χ3n) is 6.77. The van der Waals surface area contributed by atoms with Gasteiger partial charge in [0, 0.05) is 56.8 Å². The van der Waals surface area contributed by atoms with Gasteiger partial charge >= 0.3 is 0 Å². The molecule has 2 heterocycles. The van der Waals surface area contributed by atoms with E-state index in [1.807, 2.05) is 44.2 Å². The minimum atomic E-state index is -0.237. The molecule has 0 atom stereocenters. The molecule has 1 N–H and O–H groups in total. The Morgan fingerprint density at radius 1 is 1.11 bits per heavy atom. The number of benzene rings is 2. The van der Waals surface area contributed by atoms with Crippen molar-refractivity contribution in [2.24, 2.45) is 5.92 Å². The van der Waals surface area contributed by atoms with E-state index in [9.17, 15) is 9.59 Å². The predicted molar refractivity (Wildman–Crippen MR) is 147 cm³/mol. The molecule has 0 radical (unpaired) electrons. The summed E-state index contributed by atoms with van der Waals surface area (Å²) in [5.41, 5.74) is 2.32. The van der Waals surface area contributed by atoms with Gasteiger partial charge in [0.05, 0.1) is 7.11 Å². The van der Waals surface area contributed by atoms with Crippen LogP contribution in [-0.4, -0.2) is 66.1 Å². The number of methoxy groups -OCH3 is 1. The van der Waals surface area contributed by atoms with E-state index >= 15 is 0 Å². The van der Waals surface area contributed by atoms with Gasteiger partial charge in [-0.05, 0) is 36.5 Å². The fourth-order valence-corrected chi connectivity index (χ4v) is 4.78. The number of carbonyl (C=O) groups is 2. The summed E-state index contributed by atoms with van der Waals surface area (Å²) < 4.78 is 10.7. The molecule has 0 unspecified atom stereocenters. The van der Waals surface area contributed by atoms with Gasteiger partial charge in [-0.3, -0.25) is 14.5 Å². The fraction of sp³-hybridized carbons (Fsp3) is 0.433. The van der Waals surface area contributed by atoms with Crippen molar-refractivity contribution in [2.75, 3.05) is 33.3 Å². The van der Waals surface area contributed by atoms with Gasteiger partial charge in [-0.25, -0.2) is 0 Å². The molecule has 4 rings (SSSR count). The van der Waals surface area contributed by atoms with Crippen molar-refractivity contribution in [3.05, 3.63) is 71.9 Å². The van der Waals surface area contributed by atoms with Gasteiger partial charge in [0.2, 0.25) is 5.91 Å². The van der Waals surface area contributed by atoms with Crippen molar-refractivity contribution in [1.82, 2.24) is 20.3 Å². The van der Waals surface area contributed by atoms with E-state index in [1.165, 1.54) is 5.56 Å². The lowest BCUT2D eigenvalue weighted by molar-refractivity contribution is -0.122. The monoisotopic (exact) mass is 518 g/mol. The molecule has 0 bridgehead atoms. The first kappa shape index (κ1) is 27.4. The highest BCUT2D eigenvalue weighted by atomic mass is 16.5. The zero-order valence-corrected chi connectivity index (χ0v) is 22.6. The van der Waals surface area contributed by atoms with E-state index in [4.69, 9.17) is 9.26 Å². The normalized spacial score (nSPS) is 14.4. The first-order valence-corrected chi connectivity index (χ1v) is 13.4. The maximum Gasteiger partial charge on any atom is 0.276 e. The quantitative estimate of drug-likeness (QED) is 0.399. The Balaban J connectivity index is 1.28. The van der Waals surface area contributed by atoms with Crippen LogP contribution in [0.15, 0.2) is 65.2 Å². The van der Waals surface area contributed by atoms with Crippen LogP contribution in [0.5, 0.6) is 5.75 Å². The molecule has 2 aromatic carbocycles. The third kappa shape index (κ3) is 7.68.